The normalized spacial score (nSPS) is 15.9. The number of unbranched alkanes of at least 4 members (excludes halogenated alkanes) is 1. The van der Waals surface area contributed by atoms with Crippen LogP contribution >= 0.6 is 0 Å². The summed E-state index contributed by atoms with van der Waals surface area (Å²) >= 11 is 0. The number of aliphatic hydroxyl groups excluding tert-OH is 3. The molecule has 0 saturated carbocycles. The minimum Gasteiger partial charge on any atom is -0.480 e. The summed E-state index contributed by atoms with van der Waals surface area (Å²) in [5, 5.41) is 62.4. The molecule has 0 aliphatic heterocycles. The predicted octanol–water partition coefficient (Wildman–Crippen LogP) is -2.21. The molecule has 0 aliphatic rings. The van der Waals surface area contributed by atoms with E-state index in [2.05, 4.69) is 57.5 Å². The van der Waals surface area contributed by atoms with Crippen LogP contribution in [0.3, 0.4) is 0 Å². The van der Waals surface area contributed by atoms with Crippen LogP contribution in [0.4, 0.5) is 0 Å². The van der Waals surface area contributed by atoms with Gasteiger partial charge in [0.05, 0.1) is 31.2 Å². The molecule has 18 N–H and O–H groups in total. The third-order valence-corrected chi connectivity index (χ3v) is 13.5. The largest absolute Gasteiger partial charge is 0.480 e. The first-order valence-corrected chi connectivity index (χ1v) is 26.6. The van der Waals surface area contributed by atoms with E-state index >= 15 is 0 Å². The summed E-state index contributed by atoms with van der Waals surface area (Å²) in [4.78, 5) is 133. The Morgan fingerprint density at radius 2 is 1.10 bits per heavy atom. The maximum Gasteiger partial charge on any atom is 0.326 e. The number of fused-ring (bicyclic) bond motifs is 1. The lowest BCUT2D eigenvalue weighted by atomic mass is 9.96. The summed E-state index contributed by atoms with van der Waals surface area (Å²) in [6.07, 6.45) is 1.92. The van der Waals surface area contributed by atoms with Crippen LogP contribution < -0.4 is 54.0 Å². The highest BCUT2D eigenvalue weighted by atomic mass is 16.4. The number of nitrogens with zero attached hydrogens (tertiary/aromatic N) is 1. The van der Waals surface area contributed by atoms with Crippen molar-refractivity contribution in [3.63, 3.8) is 0 Å². The number of hydrogen-bond donors (Lipinski definition) is 16. The first-order valence-electron chi connectivity index (χ1n) is 26.6. The molecular weight excluding hydrogens is 1040 g/mol. The SMILES string of the molecule is CC[C@H](C)[C@H](NC(=O)[C@@H](N)Cc1ccccc1)C(=O)N[C@@H](Cc1c[nH]c2ccccc12)C(=O)N[C@H](C(=O)N[C@@H](Cc1cnc[nH]1)C(=O)N[C@@H](CO)C(=O)N[C@H](C(=O)N[C@@H](CCCCN)C(=O)N[C@H](C(=O)O)C(C)C)[C@@H](C)O)[C@@H](C)O. The van der Waals surface area contributed by atoms with Gasteiger partial charge in [-0.3, -0.25) is 38.4 Å². The summed E-state index contributed by atoms with van der Waals surface area (Å²) in [5.74, 6) is -9.87. The van der Waals surface area contributed by atoms with Gasteiger partial charge in [-0.1, -0.05) is 82.6 Å². The van der Waals surface area contributed by atoms with Crippen molar-refractivity contribution in [3.05, 3.63) is 90.1 Å². The molecule has 0 fully saturated rings. The second-order valence-electron chi connectivity index (χ2n) is 20.2. The number of aliphatic hydroxyl groups is 3. The third-order valence-electron chi connectivity index (χ3n) is 13.5. The Balaban J connectivity index is 1.56. The number of H-pyrrole nitrogens is 2. The molecule has 0 radical (unpaired) electrons. The number of rotatable bonds is 33. The van der Waals surface area contributed by atoms with Crippen molar-refractivity contribution < 1.29 is 63.6 Å². The van der Waals surface area contributed by atoms with Crippen LogP contribution in [-0.4, -0.2) is 168 Å². The number of carbonyl (C=O) groups is 9. The molecule has 12 atom stereocenters. The highest BCUT2D eigenvalue weighted by molar-refractivity contribution is 5.99. The van der Waals surface area contributed by atoms with Gasteiger partial charge in [-0.2, -0.15) is 0 Å². The van der Waals surface area contributed by atoms with Crippen LogP contribution in [0, 0.1) is 11.8 Å². The fourth-order valence-corrected chi connectivity index (χ4v) is 8.58. The summed E-state index contributed by atoms with van der Waals surface area (Å²) in [6.45, 7) is 8.24. The second-order valence-corrected chi connectivity index (χ2v) is 20.2. The van der Waals surface area contributed by atoms with Crippen molar-refractivity contribution in [3.8, 4) is 0 Å². The molecule has 26 heteroatoms. The molecule has 438 valence electrons. The molecule has 2 heterocycles. The van der Waals surface area contributed by atoms with Gasteiger partial charge in [0.25, 0.3) is 0 Å². The molecule has 0 saturated heterocycles. The van der Waals surface area contributed by atoms with E-state index in [1.807, 2.05) is 43.3 Å². The lowest BCUT2D eigenvalue weighted by Crippen LogP contribution is -2.63. The number of benzene rings is 2. The summed E-state index contributed by atoms with van der Waals surface area (Å²) in [7, 11) is 0. The van der Waals surface area contributed by atoms with E-state index in [0.29, 0.717) is 24.8 Å². The van der Waals surface area contributed by atoms with Gasteiger partial charge < -0.3 is 84.4 Å². The Hall–Kier alpha value is -7.78. The molecule has 8 amide bonds. The molecule has 0 bridgehead atoms. The minimum absolute atomic E-state index is 0.00600. The van der Waals surface area contributed by atoms with Gasteiger partial charge in [0.2, 0.25) is 47.3 Å². The number of para-hydroxylation sites is 1. The third kappa shape index (κ3) is 19.2. The maximum atomic E-state index is 14.5. The number of carboxylic acids is 1. The van der Waals surface area contributed by atoms with Crippen molar-refractivity contribution in [2.75, 3.05) is 13.2 Å². The van der Waals surface area contributed by atoms with Gasteiger partial charge >= 0.3 is 5.97 Å². The zero-order valence-corrected chi connectivity index (χ0v) is 45.9. The highest BCUT2D eigenvalue weighted by Crippen LogP contribution is 2.20. The van der Waals surface area contributed by atoms with E-state index in [-0.39, 0.29) is 37.9 Å². The molecule has 26 nitrogen and oxygen atoms in total. The quantitative estimate of drug-likeness (QED) is 0.0225. The van der Waals surface area contributed by atoms with E-state index < -0.39 is 138 Å². The molecule has 4 rings (SSSR count). The summed E-state index contributed by atoms with van der Waals surface area (Å²) in [6, 6.07) is 2.95. The van der Waals surface area contributed by atoms with Gasteiger partial charge in [-0.05, 0) is 75.1 Å². The number of nitrogens with two attached hydrogens (primary N) is 2. The topological polar surface area (TPSA) is 427 Å². The van der Waals surface area contributed by atoms with E-state index in [1.165, 1.54) is 19.4 Å². The molecule has 2 aromatic heterocycles. The average molecular weight is 1120 g/mol. The number of amides is 8. The Morgan fingerprint density at radius 1 is 0.588 bits per heavy atom. The van der Waals surface area contributed by atoms with Crippen LogP contribution in [0.25, 0.3) is 10.9 Å². The smallest absolute Gasteiger partial charge is 0.326 e. The summed E-state index contributed by atoms with van der Waals surface area (Å²) < 4.78 is 0. The number of imidazole rings is 1. The standard InChI is InChI=1S/C54H79N13O13/c1-7-29(4)43(65-46(71)36(56)21-32-15-9-8-10-16-32)51(76)61-39(22-33-24-58-37-18-12-11-17-35(33)37)49(74)66-45(31(6)70)53(78)62-40(23-34-25-57-27-59-34)48(73)63-41(26-68)50(75)67-44(30(5)69)52(77)60-38(19-13-14-20-55)47(72)64-42(28(2)3)54(79)80/h8-12,15-18,24-25,27-31,36,38-45,58,68-70H,7,13-14,19-23,26,55-56H2,1-6H3,(H,57,59)(H,60,77)(H,61,76)(H,62,78)(H,63,73)(H,64,72)(H,65,71)(H,66,74)(H,67,75)(H,79,80)/t29-,30+,31+,36-,38-,39-,40-,41-,42-,43-,44-,45-/m0/s1. The van der Waals surface area contributed by atoms with Crippen LogP contribution in [-0.2, 0) is 62.4 Å². The number of aromatic nitrogens is 3. The number of aliphatic carboxylic acids is 1. The minimum atomic E-state index is -1.84. The Morgan fingerprint density at radius 3 is 1.65 bits per heavy atom. The maximum absolute atomic E-state index is 14.5. The molecule has 0 unspecified atom stereocenters. The van der Waals surface area contributed by atoms with Crippen LogP contribution in [0.2, 0.25) is 0 Å². The molecule has 0 spiro atoms. The van der Waals surface area contributed by atoms with Gasteiger partial charge in [0.1, 0.15) is 48.3 Å². The molecule has 2 aromatic carbocycles. The fourth-order valence-electron chi connectivity index (χ4n) is 8.58. The van der Waals surface area contributed by atoms with E-state index in [4.69, 9.17) is 11.5 Å². The molecule has 4 aromatic rings. The second kappa shape index (κ2) is 31.7. The van der Waals surface area contributed by atoms with Crippen LogP contribution in [0.5, 0.6) is 0 Å². The first-order chi connectivity index (χ1) is 38.0. The van der Waals surface area contributed by atoms with E-state index in [9.17, 15) is 63.6 Å². The van der Waals surface area contributed by atoms with Gasteiger partial charge in [-0.15, -0.1) is 0 Å². The van der Waals surface area contributed by atoms with Crippen molar-refractivity contribution in [1.82, 2.24) is 57.5 Å². The number of hydrogen-bond acceptors (Lipinski definition) is 15. The lowest BCUT2D eigenvalue weighted by molar-refractivity contribution is -0.143. The fraction of sp³-hybridized carbons (Fsp3) is 0.519. The van der Waals surface area contributed by atoms with Crippen LogP contribution in [0.1, 0.15) is 84.0 Å². The van der Waals surface area contributed by atoms with Crippen molar-refractivity contribution in [2.45, 2.75) is 153 Å². The highest BCUT2D eigenvalue weighted by Gasteiger charge is 2.38. The van der Waals surface area contributed by atoms with Crippen molar-refractivity contribution in [1.29, 1.82) is 0 Å². The Labute approximate surface area is 463 Å². The molecule has 80 heavy (non-hydrogen) atoms. The monoisotopic (exact) mass is 1120 g/mol. The van der Waals surface area contributed by atoms with Gasteiger partial charge in [0, 0.05) is 41.8 Å². The van der Waals surface area contributed by atoms with Gasteiger partial charge in [-0.25, -0.2) is 9.78 Å². The number of carboxylic acid groups (broad SMARTS) is 1. The molecule has 0 aliphatic carbocycles. The summed E-state index contributed by atoms with van der Waals surface area (Å²) in [5.41, 5.74) is 14.3. The average Bonchev–Trinajstić information content (AvgIpc) is 4.12. The zero-order valence-electron chi connectivity index (χ0n) is 45.9. The Bertz CT molecular complexity index is 2680. The number of aromatic amines is 2. The first kappa shape index (κ1) is 64.7. The van der Waals surface area contributed by atoms with Crippen LogP contribution in [0.15, 0.2) is 73.3 Å². The zero-order chi connectivity index (χ0) is 59.2. The number of carbonyl (C=O) groups excluding carboxylic acids is 8. The van der Waals surface area contributed by atoms with Gasteiger partial charge in [0.15, 0.2) is 0 Å². The van der Waals surface area contributed by atoms with Crippen molar-refractivity contribution in [2.24, 2.45) is 23.3 Å². The predicted molar refractivity (Wildman–Crippen MR) is 293 cm³/mol. The lowest BCUT2D eigenvalue weighted by Gasteiger charge is -2.29. The van der Waals surface area contributed by atoms with E-state index in [1.54, 1.807) is 45.2 Å². The molecular formula is C54H79N13O13. The Kier molecular flexibility index (Phi) is 25.7. The number of nitrogens with one attached hydrogen (secondary N) is 10. The van der Waals surface area contributed by atoms with E-state index in [0.717, 1.165) is 23.4 Å². The van der Waals surface area contributed by atoms with Crippen molar-refractivity contribution >= 4 is 64.1 Å².